The zero-order valence-electron chi connectivity index (χ0n) is 10.1. The topological polar surface area (TPSA) is 78.0 Å². The number of nitrogens with zero attached hydrogens (tertiary/aromatic N) is 1. The molecule has 1 amide bonds. The maximum atomic E-state index is 11.8. The molecule has 0 spiro atoms. The molecule has 3 N–H and O–H groups in total. The minimum Gasteiger partial charge on any atom is -0.384 e. The van der Waals surface area contributed by atoms with E-state index in [1.165, 1.54) is 11.3 Å². The second-order valence-electron chi connectivity index (χ2n) is 3.74. The van der Waals surface area contributed by atoms with Gasteiger partial charge in [-0.15, -0.1) is 11.3 Å². The lowest BCUT2D eigenvalue weighted by molar-refractivity contribution is 0.0954. The van der Waals surface area contributed by atoms with Crippen molar-refractivity contribution in [1.82, 2.24) is 15.3 Å². The van der Waals surface area contributed by atoms with Crippen molar-refractivity contribution in [3.05, 3.63) is 40.1 Å². The van der Waals surface area contributed by atoms with Crippen molar-refractivity contribution in [2.24, 2.45) is 0 Å². The van der Waals surface area contributed by atoms with Crippen LogP contribution >= 0.6 is 11.3 Å². The number of carbonyl (C=O) groups excluding carboxylic acids is 1. The van der Waals surface area contributed by atoms with Gasteiger partial charge in [-0.2, -0.15) is 0 Å². The van der Waals surface area contributed by atoms with Gasteiger partial charge in [-0.1, -0.05) is 11.8 Å². The molecule has 2 heterocycles. The average molecular weight is 275 g/mol. The Hall–Kier alpha value is -2.10. The summed E-state index contributed by atoms with van der Waals surface area (Å²) >= 11 is 1.39. The number of aromatic amines is 1. The van der Waals surface area contributed by atoms with Crippen molar-refractivity contribution < 1.29 is 9.90 Å². The SMILES string of the molecule is O=C(NCCc1cnc[nH]1)c1csc(C#CCO)c1. The molecule has 5 nitrogen and oxygen atoms in total. The highest BCUT2D eigenvalue weighted by atomic mass is 32.1. The molecular weight excluding hydrogens is 262 g/mol. The molecule has 0 aromatic carbocycles. The summed E-state index contributed by atoms with van der Waals surface area (Å²) in [5.41, 5.74) is 1.58. The summed E-state index contributed by atoms with van der Waals surface area (Å²) in [5.74, 6) is 5.21. The predicted octanol–water partition coefficient (Wildman–Crippen LogP) is 0.787. The largest absolute Gasteiger partial charge is 0.384 e. The van der Waals surface area contributed by atoms with Crippen LogP contribution in [0.25, 0.3) is 0 Å². The van der Waals surface area contributed by atoms with Crippen LogP contribution in [-0.4, -0.2) is 34.1 Å². The molecule has 0 atom stereocenters. The molecule has 0 unspecified atom stereocenters. The molecular formula is C13H13N3O2S. The van der Waals surface area contributed by atoms with E-state index in [0.29, 0.717) is 18.5 Å². The summed E-state index contributed by atoms with van der Waals surface area (Å²) in [6.45, 7) is 0.373. The van der Waals surface area contributed by atoms with E-state index in [-0.39, 0.29) is 12.5 Å². The van der Waals surface area contributed by atoms with Crippen LogP contribution in [-0.2, 0) is 6.42 Å². The Kier molecular flexibility index (Phi) is 4.72. The molecule has 2 aromatic heterocycles. The van der Waals surface area contributed by atoms with Gasteiger partial charge in [0.05, 0.1) is 16.8 Å². The molecule has 98 valence electrons. The van der Waals surface area contributed by atoms with E-state index >= 15 is 0 Å². The first kappa shape index (κ1) is 13.3. The van der Waals surface area contributed by atoms with Gasteiger partial charge in [0, 0.05) is 30.2 Å². The Morgan fingerprint density at radius 3 is 3.21 bits per heavy atom. The standard InChI is InChI=1S/C13H13N3O2S/c17-5-1-2-12-6-10(8-19-12)13(18)15-4-3-11-7-14-9-16-11/h6-9,17H,3-5H2,(H,14,16)(H,15,18). The van der Waals surface area contributed by atoms with Crippen LogP contribution < -0.4 is 5.32 Å². The van der Waals surface area contributed by atoms with E-state index < -0.39 is 0 Å². The minimum absolute atomic E-state index is 0.118. The number of aliphatic hydroxyl groups is 1. The molecule has 0 bridgehead atoms. The summed E-state index contributed by atoms with van der Waals surface area (Å²) in [7, 11) is 0. The van der Waals surface area contributed by atoms with Crippen molar-refractivity contribution in [3.63, 3.8) is 0 Å². The highest BCUT2D eigenvalue weighted by molar-refractivity contribution is 7.10. The molecule has 6 heteroatoms. The first-order valence-electron chi connectivity index (χ1n) is 5.73. The second kappa shape index (κ2) is 6.73. The quantitative estimate of drug-likeness (QED) is 0.722. The van der Waals surface area contributed by atoms with Crippen LogP contribution in [0.1, 0.15) is 20.9 Å². The number of nitrogens with one attached hydrogen (secondary N) is 2. The lowest BCUT2D eigenvalue weighted by Crippen LogP contribution is -2.25. The van der Waals surface area contributed by atoms with Crippen LogP contribution in [0.2, 0.25) is 0 Å². The highest BCUT2D eigenvalue weighted by Gasteiger charge is 2.07. The number of hydrogen-bond donors (Lipinski definition) is 3. The number of H-pyrrole nitrogens is 1. The van der Waals surface area contributed by atoms with Gasteiger partial charge in [-0.25, -0.2) is 4.98 Å². The van der Waals surface area contributed by atoms with Gasteiger partial charge in [0.1, 0.15) is 6.61 Å². The van der Waals surface area contributed by atoms with Crippen LogP contribution in [0.5, 0.6) is 0 Å². The van der Waals surface area contributed by atoms with Gasteiger partial charge in [-0.3, -0.25) is 4.79 Å². The second-order valence-corrected chi connectivity index (χ2v) is 4.65. The lowest BCUT2D eigenvalue weighted by Gasteiger charge is -2.01. The number of aliphatic hydroxyl groups excluding tert-OH is 1. The smallest absolute Gasteiger partial charge is 0.252 e. The van der Waals surface area contributed by atoms with Crippen LogP contribution in [0, 0.1) is 11.8 Å². The first-order valence-corrected chi connectivity index (χ1v) is 6.61. The maximum absolute atomic E-state index is 11.8. The fourth-order valence-electron chi connectivity index (χ4n) is 1.48. The maximum Gasteiger partial charge on any atom is 0.252 e. The third-order valence-corrected chi connectivity index (χ3v) is 3.23. The average Bonchev–Trinajstić information content (AvgIpc) is 3.07. The van der Waals surface area contributed by atoms with Crippen molar-refractivity contribution in [2.45, 2.75) is 6.42 Å². The van der Waals surface area contributed by atoms with Crippen LogP contribution in [0.3, 0.4) is 0 Å². The molecule has 0 aliphatic heterocycles. The lowest BCUT2D eigenvalue weighted by atomic mass is 10.2. The zero-order chi connectivity index (χ0) is 13.5. The van der Waals surface area contributed by atoms with Gasteiger partial charge in [0.15, 0.2) is 0 Å². The number of hydrogen-bond acceptors (Lipinski definition) is 4. The number of rotatable bonds is 4. The monoisotopic (exact) mass is 275 g/mol. The number of thiophene rings is 1. The summed E-state index contributed by atoms with van der Waals surface area (Å²) in [5, 5.41) is 13.2. The first-order chi connectivity index (χ1) is 9.29. The normalized spacial score (nSPS) is 9.74. The van der Waals surface area contributed by atoms with Gasteiger partial charge in [0.25, 0.3) is 5.91 Å². The van der Waals surface area contributed by atoms with Crippen molar-refractivity contribution in [2.75, 3.05) is 13.2 Å². The third-order valence-electron chi connectivity index (χ3n) is 2.39. The van der Waals surface area contributed by atoms with E-state index in [1.54, 1.807) is 24.0 Å². The zero-order valence-corrected chi connectivity index (χ0v) is 11.0. The van der Waals surface area contributed by atoms with Crippen LogP contribution in [0.15, 0.2) is 24.0 Å². The van der Waals surface area contributed by atoms with Crippen molar-refractivity contribution >= 4 is 17.2 Å². The summed E-state index contributed by atoms with van der Waals surface area (Å²) < 4.78 is 0. The number of imidazole rings is 1. The molecule has 0 fully saturated rings. The molecule has 0 saturated heterocycles. The van der Waals surface area contributed by atoms with Gasteiger partial charge < -0.3 is 15.4 Å². The van der Waals surface area contributed by atoms with Gasteiger partial charge in [-0.05, 0) is 6.07 Å². The number of aromatic nitrogens is 2. The number of amides is 1. The number of carbonyl (C=O) groups is 1. The van der Waals surface area contributed by atoms with Crippen LogP contribution in [0.4, 0.5) is 0 Å². The minimum atomic E-state index is -0.177. The summed E-state index contributed by atoms with van der Waals surface area (Å²) in [6, 6.07) is 1.72. The molecule has 2 rings (SSSR count). The molecule has 0 radical (unpaired) electrons. The Morgan fingerprint density at radius 1 is 1.58 bits per heavy atom. The Labute approximate surface area is 114 Å². The van der Waals surface area contributed by atoms with Gasteiger partial charge in [0.2, 0.25) is 0 Å². The molecule has 2 aromatic rings. The Bertz CT molecular complexity index is 593. The van der Waals surface area contributed by atoms with Gasteiger partial charge >= 0.3 is 0 Å². The van der Waals surface area contributed by atoms with E-state index in [2.05, 4.69) is 27.1 Å². The predicted molar refractivity (Wildman–Crippen MR) is 72.9 cm³/mol. The molecule has 0 aliphatic carbocycles. The Morgan fingerprint density at radius 2 is 2.47 bits per heavy atom. The highest BCUT2D eigenvalue weighted by Crippen LogP contribution is 2.13. The molecule has 19 heavy (non-hydrogen) atoms. The summed E-state index contributed by atoms with van der Waals surface area (Å²) in [6.07, 6.45) is 4.06. The fraction of sp³-hybridized carbons (Fsp3) is 0.231. The van der Waals surface area contributed by atoms with E-state index in [1.807, 2.05) is 0 Å². The fourth-order valence-corrected chi connectivity index (χ4v) is 2.24. The Balaban J connectivity index is 1.84. The molecule has 0 saturated carbocycles. The molecule has 0 aliphatic rings. The van der Waals surface area contributed by atoms with Crippen molar-refractivity contribution in [3.8, 4) is 11.8 Å². The van der Waals surface area contributed by atoms with E-state index in [4.69, 9.17) is 5.11 Å². The van der Waals surface area contributed by atoms with E-state index in [9.17, 15) is 4.79 Å². The van der Waals surface area contributed by atoms with E-state index in [0.717, 1.165) is 10.6 Å². The van der Waals surface area contributed by atoms with Crippen molar-refractivity contribution in [1.29, 1.82) is 0 Å². The third kappa shape index (κ3) is 3.95. The summed E-state index contributed by atoms with van der Waals surface area (Å²) in [4.78, 5) is 19.5.